The van der Waals surface area contributed by atoms with Gasteiger partial charge in [0.2, 0.25) is 0 Å². The van der Waals surface area contributed by atoms with Crippen molar-refractivity contribution in [2.75, 3.05) is 4.90 Å². The van der Waals surface area contributed by atoms with Gasteiger partial charge in [0.25, 0.3) is 0 Å². The van der Waals surface area contributed by atoms with Crippen molar-refractivity contribution < 1.29 is 4.42 Å². The number of benzene rings is 9. The molecule has 5 aliphatic rings. The lowest BCUT2D eigenvalue weighted by Crippen LogP contribution is -2.30. The molecule has 2 aromatic heterocycles. The highest BCUT2D eigenvalue weighted by Crippen LogP contribution is 2.61. The molecule has 1 atom stereocenters. The number of anilines is 2. The molecule has 0 bridgehead atoms. The lowest BCUT2D eigenvalue weighted by atomic mass is 9.65. The predicted molar refractivity (Wildman–Crippen MR) is 323 cm³/mol. The van der Waals surface area contributed by atoms with Gasteiger partial charge in [-0.05, 0) is 177 Å². The maximum absolute atomic E-state index is 6.65. The highest BCUT2D eigenvalue weighted by molar-refractivity contribution is 6.11. The van der Waals surface area contributed by atoms with E-state index in [1.807, 2.05) is 0 Å². The molecule has 0 aliphatic heterocycles. The van der Waals surface area contributed by atoms with E-state index in [1.165, 1.54) is 94.0 Å². The fourth-order valence-electron chi connectivity index (χ4n) is 14.7. The van der Waals surface area contributed by atoms with Crippen LogP contribution in [0.15, 0.2) is 282 Å². The summed E-state index contributed by atoms with van der Waals surface area (Å²) < 4.78 is 9.06. The number of hydrogen-bond donors (Lipinski definition) is 0. The third-order valence-corrected chi connectivity index (χ3v) is 17.9. The molecule has 3 nitrogen and oxygen atoms in total. The Labute approximate surface area is 455 Å². The van der Waals surface area contributed by atoms with E-state index in [4.69, 9.17) is 11.0 Å². The van der Waals surface area contributed by atoms with Crippen molar-refractivity contribution in [3.05, 3.63) is 322 Å². The van der Waals surface area contributed by atoms with E-state index in [1.54, 1.807) is 0 Å². The van der Waals surface area contributed by atoms with Gasteiger partial charge in [-0.2, -0.15) is 0 Å². The molecule has 16 rings (SSSR count). The number of nitrogens with zero attached hydrogens (tertiary/aromatic N) is 2. The summed E-state index contributed by atoms with van der Waals surface area (Å²) in [4.78, 5) is 2.52. The maximum atomic E-state index is 6.65. The zero-order chi connectivity index (χ0) is 51.5. The van der Waals surface area contributed by atoms with Crippen LogP contribution in [0, 0.1) is 0 Å². The minimum Gasteiger partial charge on any atom is -0.456 e. The van der Waals surface area contributed by atoms with Crippen molar-refractivity contribution in [2.45, 2.75) is 42.9 Å². The number of furan rings is 1. The Morgan fingerprint density at radius 3 is 1.94 bits per heavy atom. The fraction of sp³-hybridized carbons (Fsp3) is 0.0933. The molecule has 1 unspecified atom stereocenters. The van der Waals surface area contributed by atoms with Crippen LogP contribution in [0.1, 0.15) is 70.4 Å². The molecule has 11 aromatic rings. The Morgan fingerprint density at radius 1 is 0.487 bits per heavy atom. The summed E-state index contributed by atoms with van der Waals surface area (Å²) in [5.74, 6) is 1.00. The average molecular weight is 999 g/mol. The summed E-state index contributed by atoms with van der Waals surface area (Å²) in [5.41, 5.74) is 24.4. The number of aryl methyl sites for hydroxylation is 1. The van der Waals surface area contributed by atoms with Crippen molar-refractivity contribution in [3.8, 4) is 27.9 Å². The predicted octanol–water partition coefficient (Wildman–Crippen LogP) is 19.0. The first-order valence-electron chi connectivity index (χ1n) is 27.7. The highest BCUT2D eigenvalue weighted by atomic mass is 16.3. The molecule has 9 aromatic carbocycles. The monoisotopic (exact) mass is 998 g/mol. The standard InChI is InChI=1S/C75H54N2O/c1-49-55-29-11-16-34-64(55)74(65-35-17-12-31-57(65)61-48-73-63(47-67(61)74)60-33-15-20-39-72(60)78-73)44-22-21-37-69(49)76(53-41-43-71-62(45-53)59-32-14-19-38-70(59)77(71)52-27-9-4-10-28-52)54-40-42-58-56-30-13-18-36-66(56)75(68(58)46-54,50-23-5-2-6-24-50)51-25-7-3-8-26-51/h2-14,17-32,35-43,45-48H,1,15-16,33-34,44H2/b22-21-,69-37?. The molecule has 370 valence electrons. The normalized spacial score (nSPS) is 17.9. The number of fused-ring (bicyclic) bond motifs is 15. The molecule has 3 heteroatoms. The third-order valence-electron chi connectivity index (χ3n) is 17.9. The van der Waals surface area contributed by atoms with Gasteiger partial charge in [-0.3, -0.25) is 0 Å². The summed E-state index contributed by atoms with van der Waals surface area (Å²) >= 11 is 0. The van der Waals surface area contributed by atoms with Crippen molar-refractivity contribution in [1.29, 1.82) is 0 Å². The molecule has 2 heterocycles. The molecule has 0 saturated heterocycles. The minimum atomic E-state index is -0.583. The maximum Gasteiger partial charge on any atom is 0.135 e. The van der Waals surface area contributed by atoms with Gasteiger partial charge in [0.05, 0.1) is 22.1 Å². The molecule has 1 spiro atoms. The first kappa shape index (κ1) is 44.8. The van der Waals surface area contributed by atoms with Gasteiger partial charge < -0.3 is 13.9 Å². The smallest absolute Gasteiger partial charge is 0.135 e. The van der Waals surface area contributed by atoms with Crippen LogP contribution < -0.4 is 4.90 Å². The van der Waals surface area contributed by atoms with Crippen LogP contribution in [0.25, 0.3) is 66.8 Å². The molecular formula is C75H54N2O. The quantitative estimate of drug-likeness (QED) is 0.166. The Bertz CT molecular complexity index is 4440. The topological polar surface area (TPSA) is 21.3 Å². The molecule has 0 amide bonds. The molecular weight excluding hydrogens is 945 g/mol. The zero-order valence-corrected chi connectivity index (χ0v) is 43.3. The Hall–Kier alpha value is -9.44. The lowest BCUT2D eigenvalue weighted by Gasteiger charge is -2.38. The highest BCUT2D eigenvalue weighted by Gasteiger charge is 2.49. The van der Waals surface area contributed by atoms with Crippen LogP contribution >= 0.6 is 0 Å². The van der Waals surface area contributed by atoms with Crippen molar-refractivity contribution in [2.24, 2.45) is 0 Å². The number of allylic oxidation sites excluding steroid dienone is 8. The van der Waals surface area contributed by atoms with Crippen LogP contribution in [-0.2, 0) is 17.3 Å². The van der Waals surface area contributed by atoms with Gasteiger partial charge in [0.1, 0.15) is 11.3 Å². The number of aromatic nitrogens is 1. The van der Waals surface area contributed by atoms with Gasteiger partial charge in [-0.15, -0.1) is 0 Å². The summed E-state index contributed by atoms with van der Waals surface area (Å²) in [6.07, 6.45) is 21.0. The fourth-order valence-corrected chi connectivity index (χ4v) is 14.7. The Kier molecular flexibility index (Phi) is 9.94. The Morgan fingerprint density at radius 2 is 1.13 bits per heavy atom. The summed E-state index contributed by atoms with van der Waals surface area (Å²) in [6, 6.07) is 79.3. The summed E-state index contributed by atoms with van der Waals surface area (Å²) in [7, 11) is 0. The second-order valence-corrected chi connectivity index (χ2v) is 21.7. The molecule has 78 heavy (non-hydrogen) atoms. The third kappa shape index (κ3) is 6.27. The van der Waals surface area contributed by atoms with E-state index in [2.05, 4.69) is 264 Å². The largest absolute Gasteiger partial charge is 0.456 e. The van der Waals surface area contributed by atoms with E-state index in [9.17, 15) is 0 Å². The lowest BCUT2D eigenvalue weighted by molar-refractivity contribution is 0.589. The molecule has 0 radical (unpaired) electrons. The number of hydrogen-bond acceptors (Lipinski definition) is 2. The second-order valence-electron chi connectivity index (χ2n) is 21.7. The van der Waals surface area contributed by atoms with Crippen LogP contribution in [0.4, 0.5) is 11.4 Å². The van der Waals surface area contributed by atoms with Crippen molar-refractivity contribution >= 4 is 50.2 Å². The second kappa shape index (κ2) is 17.3. The molecule has 0 N–H and O–H groups in total. The number of rotatable bonds is 6. The molecule has 0 fully saturated rings. The van der Waals surface area contributed by atoms with E-state index >= 15 is 0 Å². The van der Waals surface area contributed by atoms with Crippen molar-refractivity contribution in [1.82, 2.24) is 4.57 Å². The average Bonchev–Trinajstić information content (AvgIpc) is 3.94. The number of para-hydroxylation sites is 2. The van der Waals surface area contributed by atoms with Crippen LogP contribution in [0.3, 0.4) is 0 Å². The van der Waals surface area contributed by atoms with E-state index in [0.29, 0.717) is 0 Å². The van der Waals surface area contributed by atoms with Crippen LogP contribution in [-0.4, -0.2) is 4.57 Å². The zero-order valence-electron chi connectivity index (χ0n) is 43.3. The van der Waals surface area contributed by atoms with E-state index in [0.717, 1.165) is 77.3 Å². The van der Waals surface area contributed by atoms with Crippen LogP contribution in [0.5, 0.6) is 0 Å². The van der Waals surface area contributed by atoms with E-state index < -0.39 is 10.8 Å². The van der Waals surface area contributed by atoms with Gasteiger partial charge in [0, 0.05) is 44.2 Å². The van der Waals surface area contributed by atoms with Crippen molar-refractivity contribution in [3.63, 3.8) is 0 Å². The first-order valence-corrected chi connectivity index (χ1v) is 27.7. The van der Waals surface area contributed by atoms with Gasteiger partial charge in [-0.25, -0.2) is 0 Å². The minimum absolute atomic E-state index is 0.426. The van der Waals surface area contributed by atoms with Gasteiger partial charge in [0.15, 0.2) is 0 Å². The van der Waals surface area contributed by atoms with Gasteiger partial charge in [-0.1, -0.05) is 189 Å². The van der Waals surface area contributed by atoms with Crippen LogP contribution in [0.2, 0.25) is 0 Å². The molecule has 0 saturated carbocycles. The first-order chi connectivity index (χ1) is 38.6. The van der Waals surface area contributed by atoms with Gasteiger partial charge >= 0.3 is 0 Å². The Balaban J connectivity index is 0.953. The van der Waals surface area contributed by atoms with E-state index in [-0.39, 0.29) is 0 Å². The SMILES string of the molecule is C=C1C(N(c2ccc3c(c2)C(c2ccccc2)(c2ccccc2)c2ccccc2-3)c2ccc3c(c2)c2ccccc2n3-c2ccccc2)=C/C=C\CC2(C3=C1C=CCC3)c1ccccc1-c1cc3oc4c(c3cc12)CCC=C4. The summed E-state index contributed by atoms with van der Waals surface area (Å²) in [5, 5.41) is 3.64. The summed E-state index contributed by atoms with van der Waals surface area (Å²) in [6.45, 7) is 5.27. The molecule has 5 aliphatic carbocycles.